The minimum Gasteiger partial charge on any atom is -0.507 e. The Hall–Kier alpha value is -4.32. The number of aliphatic hydroxyl groups excluding tert-OH is 1. The number of nitrogens with zero attached hydrogens (tertiary/aromatic N) is 3. The summed E-state index contributed by atoms with van der Waals surface area (Å²) in [7, 11) is 0. The van der Waals surface area contributed by atoms with E-state index in [0.29, 0.717) is 39.1 Å². The number of aromatic nitrogens is 2. The highest BCUT2D eigenvalue weighted by Gasteiger charge is 2.48. The second-order valence-electron chi connectivity index (χ2n) is 10.2. The maximum absolute atomic E-state index is 14.1. The maximum Gasteiger partial charge on any atom is 0.301 e. The van der Waals surface area contributed by atoms with Gasteiger partial charge in [-0.3, -0.25) is 14.5 Å². The van der Waals surface area contributed by atoms with Gasteiger partial charge in [0, 0.05) is 15.8 Å². The van der Waals surface area contributed by atoms with Gasteiger partial charge in [-0.2, -0.15) is 0 Å². The zero-order chi connectivity index (χ0) is 31.5. The normalized spacial score (nSPS) is 15.9. The van der Waals surface area contributed by atoms with Crippen molar-refractivity contribution in [3.05, 3.63) is 141 Å². The lowest BCUT2D eigenvalue weighted by Crippen LogP contribution is -2.29. The largest absolute Gasteiger partial charge is 0.507 e. The van der Waals surface area contributed by atoms with Gasteiger partial charge in [-0.05, 0) is 71.6 Å². The van der Waals surface area contributed by atoms with Crippen LogP contribution < -0.4 is 9.64 Å². The molecule has 1 fully saturated rings. The van der Waals surface area contributed by atoms with Crippen molar-refractivity contribution in [3.8, 4) is 5.75 Å². The van der Waals surface area contributed by atoms with E-state index in [-0.39, 0.29) is 22.3 Å². The summed E-state index contributed by atoms with van der Waals surface area (Å²) in [5.74, 6) is -1.40. The SMILES string of the molecule is Cc1ccccc1COc1ccc(C(O)=C2C(=O)C(=O)N(c3nnc(SCc4ccccc4F)s3)C2c2cccc(Br)c2)cc1. The molecule has 1 atom stereocenters. The fraction of sp³-hybridized carbons (Fsp3) is 0.118. The number of rotatable bonds is 9. The molecule has 1 aromatic heterocycles. The van der Waals surface area contributed by atoms with Crippen molar-refractivity contribution in [1.82, 2.24) is 10.2 Å². The summed E-state index contributed by atoms with van der Waals surface area (Å²) in [5.41, 5.74) is 3.58. The van der Waals surface area contributed by atoms with Crippen LogP contribution in [-0.2, 0) is 21.9 Å². The molecule has 4 aromatic carbocycles. The number of Topliss-reactive ketones (excluding diaryl/α,β-unsaturated/α-hetero) is 1. The Morgan fingerprint density at radius 2 is 1.71 bits per heavy atom. The van der Waals surface area contributed by atoms with Gasteiger partial charge < -0.3 is 9.84 Å². The number of aryl methyl sites for hydroxylation is 1. The standard InChI is InChI=1S/C34H25BrFN3O4S2/c1-20-7-2-3-8-23(20)18-43-26-15-13-21(14-16-26)30(40)28-29(22-10-6-11-25(35)17-22)39(32(42)31(28)41)33-37-38-34(45-33)44-19-24-9-4-5-12-27(24)36/h2-17,29,40H,18-19H2,1H3. The van der Waals surface area contributed by atoms with Crippen molar-refractivity contribution in [2.24, 2.45) is 0 Å². The molecule has 1 unspecified atom stereocenters. The van der Waals surface area contributed by atoms with Crippen molar-refractivity contribution in [3.63, 3.8) is 0 Å². The molecular formula is C34H25BrFN3O4S2. The van der Waals surface area contributed by atoms with Crippen LogP contribution in [0.25, 0.3) is 5.76 Å². The number of aliphatic hydroxyl groups is 1. The summed E-state index contributed by atoms with van der Waals surface area (Å²) in [4.78, 5) is 28.4. The molecule has 2 heterocycles. The average molecular weight is 703 g/mol. The lowest BCUT2D eigenvalue weighted by Gasteiger charge is -2.22. The first-order valence-corrected chi connectivity index (χ1v) is 16.4. The summed E-state index contributed by atoms with van der Waals surface area (Å²) in [6, 6.07) is 27.3. The summed E-state index contributed by atoms with van der Waals surface area (Å²) < 4.78 is 21.3. The molecule has 1 amide bonds. The van der Waals surface area contributed by atoms with Gasteiger partial charge in [0.25, 0.3) is 5.78 Å². The third-order valence-corrected chi connectivity index (χ3v) is 9.90. The van der Waals surface area contributed by atoms with Crippen LogP contribution in [0.15, 0.2) is 111 Å². The lowest BCUT2D eigenvalue weighted by molar-refractivity contribution is -0.132. The first-order valence-electron chi connectivity index (χ1n) is 13.8. The Labute approximate surface area is 275 Å². The number of carbonyl (C=O) groups excluding carboxylic acids is 2. The molecule has 0 bridgehead atoms. The number of anilines is 1. The van der Waals surface area contributed by atoms with Crippen LogP contribution in [0.5, 0.6) is 5.75 Å². The van der Waals surface area contributed by atoms with Gasteiger partial charge in [0.05, 0.1) is 11.6 Å². The Morgan fingerprint density at radius 1 is 0.978 bits per heavy atom. The van der Waals surface area contributed by atoms with E-state index in [1.807, 2.05) is 37.3 Å². The van der Waals surface area contributed by atoms with E-state index >= 15 is 0 Å². The van der Waals surface area contributed by atoms with Crippen LogP contribution in [0.2, 0.25) is 0 Å². The summed E-state index contributed by atoms with van der Waals surface area (Å²) in [6.45, 7) is 2.40. The Bertz CT molecular complexity index is 1930. The lowest BCUT2D eigenvalue weighted by atomic mass is 9.95. The molecule has 0 aliphatic carbocycles. The zero-order valence-electron chi connectivity index (χ0n) is 23.8. The minimum atomic E-state index is -0.961. The van der Waals surface area contributed by atoms with E-state index in [2.05, 4.69) is 26.1 Å². The molecule has 1 saturated heterocycles. The predicted molar refractivity (Wildman–Crippen MR) is 177 cm³/mol. The smallest absolute Gasteiger partial charge is 0.301 e. The van der Waals surface area contributed by atoms with Crippen molar-refractivity contribution in [1.29, 1.82) is 0 Å². The Morgan fingerprint density at radius 3 is 2.44 bits per heavy atom. The van der Waals surface area contributed by atoms with Gasteiger partial charge in [0.1, 0.15) is 23.9 Å². The number of hydrogen-bond donors (Lipinski definition) is 1. The molecule has 7 nitrogen and oxygen atoms in total. The van der Waals surface area contributed by atoms with Gasteiger partial charge in [-0.1, -0.05) is 93.6 Å². The second-order valence-corrected chi connectivity index (χ2v) is 13.3. The Kier molecular flexibility index (Phi) is 9.11. The topological polar surface area (TPSA) is 92.6 Å². The molecule has 11 heteroatoms. The quantitative estimate of drug-likeness (QED) is 0.0544. The summed E-state index contributed by atoms with van der Waals surface area (Å²) >= 11 is 5.87. The number of ether oxygens (including phenoxy) is 1. The fourth-order valence-electron chi connectivity index (χ4n) is 4.93. The molecule has 1 aliphatic heterocycles. The van der Waals surface area contributed by atoms with Crippen LogP contribution in [0.4, 0.5) is 9.52 Å². The number of hydrogen-bond acceptors (Lipinski definition) is 8. The van der Waals surface area contributed by atoms with E-state index in [0.717, 1.165) is 26.9 Å². The summed E-state index contributed by atoms with van der Waals surface area (Å²) in [6.07, 6.45) is 0. The third-order valence-electron chi connectivity index (χ3n) is 7.30. The molecule has 1 aliphatic rings. The van der Waals surface area contributed by atoms with Crippen LogP contribution >= 0.6 is 39.0 Å². The van der Waals surface area contributed by atoms with Crippen LogP contribution in [0, 0.1) is 12.7 Å². The van der Waals surface area contributed by atoms with Crippen LogP contribution in [0.1, 0.15) is 33.9 Å². The van der Waals surface area contributed by atoms with E-state index in [4.69, 9.17) is 4.74 Å². The predicted octanol–water partition coefficient (Wildman–Crippen LogP) is 8.25. The van der Waals surface area contributed by atoms with Gasteiger partial charge >= 0.3 is 5.91 Å². The zero-order valence-corrected chi connectivity index (χ0v) is 27.0. The summed E-state index contributed by atoms with van der Waals surface area (Å²) in [5, 5.41) is 20.1. The molecule has 5 aromatic rings. The van der Waals surface area contributed by atoms with Gasteiger partial charge in [-0.15, -0.1) is 10.2 Å². The van der Waals surface area contributed by atoms with E-state index in [9.17, 15) is 19.1 Å². The second kappa shape index (κ2) is 13.4. The van der Waals surface area contributed by atoms with Crippen molar-refractivity contribution < 1.29 is 23.8 Å². The number of amides is 1. The number of benzene rings is 4. The molecule has 6 rings (SSSR count). The van der Waals surface area contributed by atoms with E-state index < -0.39 is 17.7 Å². The molecular weight excluding hydrogens is 677 g/mol. The van der Waals surface area contributed by atoms with Gasteiger partial charge in [-0.25, -0.2) is 4.39 Å². The maximum atomic E-state index is 14.1. The molecule has 0 spiro atoms. The van der Waals surface area contributed by atoms with Crippen LogP contribution in [-0.4, -0.2) is 27.0 Å². The Balaban J connectivity index is 1.31. The van der Waals surface area contributed by atoms with Crippen molar-refractivity contribution in [2.75, 3.05) is 4.90 Å². The third kappa shape index (κ3) is 6.56. The molecule has 1 N–H and O–H groups in total. The molecule has 0 saturated carbocycles. The fourth-order valence-corrected chi connectivity index (χ4v) is 7.20. The minimum absolute atomic E-state index is 0.0672. The number of thioether (sulfide) groups is 1. The van der Waals surface area contributed by atoms with Gasteiger partial charge in [0.15, 0.2) is 4.34 Å². The molecule has 226 valence electrons. The highest BCUT2D eigenvalue weighted by molar-refractivity contribution is 9.10. The first kappa shape index (κ1) is 30.7. The monoisotopic (exact) mass is 701 g/mol. The van der Waals surface area contributed by atoms with E-state index in [1.54, 1.807) is 60.7 Å². The molecule has 45 heavy (non-hydrogen) atoms. The van der Waals surface area contributed by atoms with Crippen LogP contribution in [0.3, 0.4) is 0 Å². The highest BCUT2D eigenvalue weighted by Crippen LogP contribution is 2.44. The van der Waals surface area contributed by atoms with E-state index in [1.165, 1.54) is 22.7 Å². The highest BCUT2D eigenvalue weighted by atomic mass is 79.9. The number of halogens is 2. The van der Waals surface area contributed by atoms with Crippen molar-refractivity contribution in [2.45, 2.75) is 29.7 Å². The van der Waals surface area contributed by atoms with Crippen molar-refractivity contribution >= 4 is 61.6 Å². The average Bonchev–Trinajstić information content (AvgIpc) is 3.62. The number of ketones is 1. The number of carbonyl (C=O) groups is 2. The first-order chi connectivity index (χ1) is 21.8. The molecule has 0 radical (unpaired) electrons. The van der Waals surface area contributed by atoms with Gasteiger partial charge in [0.2, 0.25) is 5.13 Å².